The van der Waals surface area contributed by atoms with Crippen LogP contribution < -0.4 is 0 Å². The van der Waals surface area contributed by atoms with Gasteiger partial charge in [0.2, 0.25) is 0 Å². The first kappa shape index (κ1) is 32.8. The highest BCUT2D eigenvalue weighted by atomic mass is 15.1. The number of rotatable bonds is 6. The van der Waals surface area contributed by atoms with Crippen LogP contribution in [0.25, 0.3) is 71.6 Å². The molecule has 0 bridgehead atoms. The average molecular weight is 662 g/mol. The van der Waals surface area contributed by atoms with Gasteiger partial charge in [-0.2, -0.15) is 0 Å². The van der Waals surface area contributed by atoms with Crippen LogP contribution in [0.2, 0.25) is 10.2 Å². The third-order valence-corrected chi connectivity index (χ3v) is 11.9. The Morgan fingerprint density at radius 1 is 0.538 bits per heavy atom. The highest BCUT2D eigenvalue weighted by molar-refractivity contribution is 6.66. The molecule has 0 fully saturated rings. The van der Waals surface area contributed by atoms with E-state index in [1.54, 1.807) is 0 Å². The van der Waals surface area contributed by atoms with Gasteiger partial charge in [0.1, 0.15) is 5.82 Å². The number of fused-ring (bicyclic) bond motifs is 6. The zero-order valence-corrected chi connectivity index (χ0v) is 31.4. The van der Waals surface area contributed by atoms with E-state index in [9.17, 15) is 0 Å². The quantitative estimate of drug-likeness (QED) is 0.172. The number of nitrogens with zero attached hydrogens (tertiary/aromatic N) is 2. The molecule has 1 aliphatic carbocycles. The molecule has 1 aromatic heterocycles. The van der Waals surface area contributed by atoms with Crippen LogP contribution in [0.15, 0.2) is 140 Å². The molecular weight excluding hydrogens is 621 g/mol. The summed E-state index contributed by atoms with van der Waals surface area (Å²) < 4.78 is 2.37. The molecule has 0 saturated heterocycles. The number of aryl methyl sites for hydroxylation is 1. The third kappa shape index (κ3) is 4.49. The van der Waals surface area contributed by atoms with Crippen LogP contribution in [0.4, 0.5) is 0 Å². The minimum absolute atomic E-state index is 0.0300. The fourth-order valence-corrected chi connectivity index (χ4v) is 10.4. The summed E-state index contributed by atoms with van der Waals surface area (Å²) in [7, 11) is 14.6. The van der Waals surface area contributed by atoms with Crippen molar-refractivity contribution in [3.63, 3.8) is 0 Å². The third-order valence-electron chi connectivity index (χ3n) is 11.9. The molecular formula is C44H40B6N2. The van der Waals surface area contributed by atoms with Crippen molar-refractivity contribution in [2.45, 2.75) is 29.0 Å². The highest BCUT2D eigenvalue weighted by Gasteiger charge is 2.56. The summed E-state index contributed by atoms with van der Waals surface area (Å²) in [4.78, 5) is 5.07. The number of imidazole rings is 1. The summed E-state index contributed by atoms with van der Waals surface area (Å²) in [5.74, 6) is 1.07. The molecule has 244 valence electrons. The van der Waals surface area contributed by atoms with Crippen molar-refractivity contribution in [3.8, 4) is 39.1 Å². The summed E-state index contributed by atoms with van der Waals surface area (Å²) in [5.41, 5.74) is 13.8. The van der Waals surface area contributed by atoms with Crippen LogP contribution in [0.3, 0.4) is 0 Å². The molecule has 7 aromatic carbocycles. The smallest absolute Gasteiger partial charge is 0.114 e. The highest BCUT2D eigenvalue weighted by Crippen LogP contribution is 2.65. The second-order valence-corrected chi connectivity index (χ2v) is 16.6. The van der Waals surface area contributed by atoms with Gasteiger partial charge in [-0.15, -0.1) is 0 Å². The molecule has 0 radical (unpaired) electrons. The molecule has 52 heavy (non-hydrogen) atoms. The Balaban J connectivity index is 1.36. The van der Waals surface area contributed by atoms with Crippen molar-refractivity contribution >= 4 is 79.7 Å². The summed E-state index contributed by atoms with van der Waals surface area (Å²) >= 11 is 0. The van der Waals surface area contributed by atoms with Gasteiger partial charge in [-0.1, -0.05) is 132 Å². The van der Waals surface area contributed by atoms with Gasteiger partial charge >= 0.3 is 0 Å². The second kappa shape index (κ2) is 11.7. The average Bonchev–Trinajstić information content (AvgIpc) is 3.67. The summed E-state index contributed by atoms with van der Waals surface area (Å²) in [6.45, 7) is 2.20. The molecule has 9 rings (SSSR count). The van der Waals surface area contributed by atoms with Gasteiger partial charge in [-0.25, -0.2) is 4.98 Å². The van der Waals surface area contributed by atoms with Crippen LogP contribution in [0, 0.1) is 0 Å². The Hall–Kier alpha value is -5.08. The maximum absolute atomic E-state index is 5.07. The number of hydrogen-bond acceptors (Lipinski definition) is 1. The zero-order chi connectivity index (χ0) is 36.0. The second-order valence-electron chi connectivity index (χ2n) is 16.6. The lowest BCUT2D eigenvalue weighted by atomic mass is 9.18. The van der Waals surface area contributed by atoms with E-state index < -0.39 is 0 Å². The number of para-hydroxylation sites is 3. The van der Waals surface area contributed by atoms with E-state index in [0.717, 1.165) is 29.0 Å². The minimum Gasteiger partial charge on any atom is -0.296 e. The topological polar surface area (TPSA) is 17.8 Å². The van der Waals surface area contributed by atoms with E-state index in [1.165, 1.54) is 66.1 Å². The van der Waals surface area contributed by atoms with E-state index in [1.807, 2.05) is 0 Å². The van der Waals surface area contributed by atoms with Gasteiger partial charge in [0.15, 0.2) is 0 Å². The minimum atomic E-state index is -0.184. The number of hydrogen-bond donors (Lipinski definition) is 0. The molecule has 8 aromatic rings. The molecule has 0 atom stereocenters. The van der Waals surface area contributed by atoms with Crippen molar-refractivity contribution in [1.82, 2.24) is 9.55 Å². The summed E-state index contributed by atoms with van der Waals surface area (Å²) in [6.07, 6.45) is 0.844. The lowest BCUT2D eigenvalue weighted by molar-refractivity contribution is 0.533. The van der Waals surface area contributed by atoms with Crippen molar-refractivity contribution in [1.29, 1.82) is 0 Å². The van der Waals surface area contributed by atoms with Gasteiger partial charge in [0, 0.05) is 12.0 Å². The van der Waals surface area contributed by atoms with Gasteiger partial charge in [0.25, 0.3) is 0 Å². The fourth-order valence-electron chi connectivity index (χ4n) is 10.4. The van der Waals surface area contributed by atoms with Gasteiger partial charge < -0.3 is 0 Å². The SMILES string of the molecule is BC(B)(B)C1(C(B)(B)B)c2ccccc2-c2ccc(-c3c4ccccc4c(-c4ccccc4-n4c(CC)nc5ccccc54)c4ccccc34)cc21. The van der Waals surface area contributed by atoms with Gasteiger partial charge in [-0.3, -0.25) is 4.57 Å². The maximum atomic E-state index is 5.07. The van der Waals surface area contributed by atoms with E-state index in [4.69, 9.17) is 4.98 Å². The normalized spacial score (nSPS) is 13.8. The van der Waals surface area contributed by atoms with Crippen LogP contribution in [-0.2, 0) is 11.8 Å². The Labute approximate surface area is 312 Å². The first-order valence-corrected chi connectivity index (χ1v) is 18.8. The van der Waals surface area contributed by atoms with Crippen molar-refractivity contribution in [2.75, 3.05) is 0 Å². The van der Waals surface area contributed by atoms with Gasteiger partial charge in [-0.05, 0) is 90.2 Å². The largest absolute Gasteiger partial charge is 0.296 e. The van der Waals surface area contributed by atoms with Crippen molar-refractivity contribution in [2.24, 2.45) is 0 Å². The van der Waals surface area contributed by atoms with Crippen molar-refractivity contribution < 1.29 is 0 Å². The Morgan fingerprint density at radius 2 is 1.06 bits per heavy atom. The maximum Gasteiger partial charge on any atom is 0.114 e. The van der Waals surface area contributed by atoms with Crippen molar-refractivity contribution in [3.05, 3.63) is 156 Å². The first-order valence-electron chi connectivity index (χ1n) is 18.8. The molecule has 8 heteroatoms. The molecule has 0 unspecified atom stereocenters. The summed E-state index contributed by atoms with van der Waals surface area (Å²) in [6, 6.07) is 52.0. The lowest BCUT2D eigenvalue weighted by Crippen LogP contribution is -2.52. The van der Waals surface area contributed by atoms with Crippen LogP contribution >= 0.6 is 0 Å². The van der Waals surface area contributed by atoms with E-state index in [2.05, 4.69) is 198 Å². The number of aromatic nitrogens is 2. The molecule has 1 heterocycles. The van der Waals surface area contributed by atoms with Crippen LogP contribution in [0.5, 0.6) is 0 Å². The van der Waals surface area contributed by atoms with E-state index >= 15 is 0 Å². The number of benzene rings is 7. The lowest BCUT2D eigenvalue weighted by Gasteiger charge is -2.54. The Kier molecular flexibility index (Phi) is 7.39. The first-order chi connectivity index (χ1) is 25.1. The monoisotopic (exact) mass is 662 g/mol. The standard InChI is InChI=1S/C44H40B6N2/c1-2-39-51-36-20-10-12-22-38(36)52(39)37-21-11-8-18-33(37)41-31-16-5-3-14-29(31)40(30-15-4-6-17-32(30)41)26-23-24-28-27-13-7-9-19-34(27)42(35(28)25-26,43(45,46)47)44(48,49)50/h3-25H,2,45-50H2,1H3. The molecule has 0 amide bonds. The predicted molar refractivity (Wildman–Crippen MR) is 239 cm³/mol. The zero-order valence-electron chi connectivity index (χ0n) is 31.4. The van der Waals surface area contributed by atoms with Gasteiger partial charge in [0.05, 0.1) is 63.8 Å². The summed E-state index contributed by atoms with van der Waals surface area (Å²) in [5, 5.41) is 4.99. The Bertz CT molecular complexity index is 2650. The molecule has 2 nitrogen and oxygen atoms in total. The van der Waals surface area contributed by atoms with Crippen LogP contribution in [0.1, 0.15) is 23.9 Å². The van der Waals surface area contributed by atoms with E-state index in [-0.39, 0.29) is 15.6 Å². The van der Waals surface area contributed by atoms with Crippen LogP contribution in [-0.4, -0.2) is 56.6 Å². The fraction of sp³-hybridized carbons (Fsp3) is 0.114. The Morgan fingerprint density at radius 3 is 1.69 bits per heavy atom. The molecule has 0 spiro atoms. The predicted octanol–water partition coefficient (Wildman–Crippen LogP) is 5.44. The molecule has 0 saturated carbocycles. The van der Waals surface area contributed by atoms with E-state index in [0.29, 0.717) is 0 Å². The molecule has 1 aliphatic rings. The molecule has 0 N–H and O–H groups in total. The molecule has 0 aliphatic heterocycles.